The van der Waals surface area contributed by atoms with Crippen molar-refractivity contribution in [3.05, 3.63) is 0 Å². The van der Waals surface area contributed by atoms with Crippen LogP contribution in [0, 0.1) is 0 Å². The number of amides is 1. The van der Waals surface area contributed by atoms with Crippen molar-refractivity contribution < 1.29 is 72.0 Å². The second kappa shape index (κ2) is 65.1. The minimum absolute atomic E-state index is 0.0195. The van der Waals surface area contributed by atoms with E-state index in [2.05, 4.69) is 38.3 Å². The van der Waals surface area contributed by atoms with Gasteiger partial charge < -0.3 is 63.3 Å². The van der Waals surface area contributed by atoms with Gasteiger partial charge in [-0.05, 0) is 20.8 Å². The predicted octanol–water partition coefficient (Wildman–Crippen LogP) is 5.58. The summed E-state index contributed by atoms with van der Waals surface area (Å²) in [5, 5.41) is 17.2. The molecule has 0 aromatic rings. The Morgan fingerprint density at radius 1 is 0.475 bits per heavy atom. The van der Waals surface area contributed by atoms with Crippen molar-refractivity contribution in [1.82, 2.24) is 4.90 Å². The molecule has 0 fully saturated rings. The van der Waals surface area contributed by atoms with Gasteiger partial charge in [0.25, 0.3) is 0 Å². The largest absolute Gasteiger partial charge is 0.481 e. The molecule has 0 heterocycles. The van der Waals surface area contributed by atoms with Gasteiger partial charge in [-0.2, -0.15) is 0 Å². The van der Waals surface area contributed by atoms with Gasteiger partial charge in [0.15, 0.2) is 0 Å². The maximum atomic E-state index is 10.4. The summed E-state index contributed by atoms with van der Waals surface area (Å²) in [6, 6.07) is 0. The third kappa shape index (κ3) is 88.3. The van der Waals surface area contributed by atoms with E-state index in [1.54, 1.807) is 0 Å². The van der Waals surface area contributed by atoms with Crippen molar-refractivity contribution >= 4 is 18.3 Å². The lowest BCUT2D eigenvalue weighted by molar-refractivity contribution is -0.139. The Labute approximate surface area is 359 Å². The number of hydrogen-bond donors (Lipinski definition) is 3. The monoisotopic (exact) mass is 865 g/mol. The van der Waals surface area contributed by atoms with Gasteiger partial charge in [-0.15, -0.1) is 0 Å². The lowest BCUT2D eigenvalue weighted by Crippen LogP contribution is -2.34. The van der Waals surface area contributed by atoms with E-state index < -0.39 is 11.9 Å². The fourth-order valence-electron chi connectivity index (χ4n) is 3.27. The first kappa shape index (κ1) is 68.7. The average Bonchev–Trinajstić information content (AvgIpc) is 3.20. The summed E-state index contributed by atoms with van der Waals surface area (Å²) in [5.74, 6) is -1.77. The highest BCUT2D eigenvalue weighted by molar-refractivity contribution is 5.67. The molecule has 0 aromatic carbocycles. The molecular weight excluding hydrogens is 772 g/mol. The fraction of sp³-hybridized carbons (Fsp3) is 0.929. The van der Waals surface area contributed by atoms with Crippen LogP contribution < -0.4 is 5.73 Å². The van der Waals surface area contributed by atoms with Crippen LogP contribution in [0.15, 0.2) is 0 Å². The number of carboxylic acids is 2. The van der Waals surface area contributed by atoms with Gasteiger partial charge in [0, 0.05) is 19.6 Å². The molecule has 0 spiro atoms. The summed E-state index contributed by atoms with van der Waals surface area (Å²) in [6.45, 7) is 33.0. The molecule has 4 N–H and O–H groups in total. The highest BCUT2D eigenvalue weighted by Crippen LogP contribution is 2.05. The average molecular weight is 865 g/mol. The first-order chi connectivity index (χ1) is 28.4. The van der Waals surface area contributed by atoms with Crippen molar-refractivity contribution in [2.24, 2.45) is 5.73 Å². The van der Waals surface area contributed by atoms with Gasteiger partial charge in [0.1, 0.15) is 0 Å². The van der Waals surface area contributed by atoms with Gasteiger partial charge in [-0.3, -0.25) is 19.3 Å². The van der Waals surface area contributed by atoms with Crippen LogP contribution in [0.3, 0.4) is 0 Å². The van der Waals surface area contributed by atoms with E-state index in [0.717, 1.165) is 0 Å². The van der Waals surface area contributed by atoms with Gasteiger partial charge in [-0.25, -0.2) is 0 Å². The van der Waals surface area contributed by atoms with E-state index in [1.165, 1.54) is 19.3 Å². The van der Waals surface area contributed by atoms with E-state index >= 15 is 0 Å². The number of nitrogens with two attached hydrogens (primary N) is 1. The lowest BCUT2D eigenvalue weighted by Gasteiger charge is -2.22. The van der Waals surface area contributed by atoms with E-state index in [0.29, 0.717) is 132 Å². The molecule has 17 heteroatoms. The molecule has 1 amide bonds. The number of carbonyl (C=O) groups is 3. The molecule has 0 aliphatic heterocycles. The molecule has 0 rings (SSSR count). The van der Waals surface area contributed by atoms with Crippen molar-refractivity contribution in [2.45, 2.75) is 114 Å². The van der Waals surface area contributed by atoms with Crippen molar-refractivity contribution in [3.8, 4) is 0 Å². The maximum absolute atomic E-state index is 10.4. The normalized spacial score (nSPS) is 10.3. The van der Waals surface area contributed by atoms with Gasteiger partial charge in [0.05, 0.1) is 144 Å². The predicted molar refractivity (Wildman–Crippen MR) is 234 cm³/mol. The zero-order valence-electron chi connectivity index (χ0n) is 39.4. The summed E-state index contributed by atoms with van der Waals surface area (Å²) < 4.78 is 55.0. The Morgan fingerprint density at radius 2 is 0.678 bits per heavy atom. The van der Waals surface area contributed by atoms with E-state index in [4.69, 9.17) is 62.4 Å². The number of rotatable bonds is 37. The number of hydrogen-bond acceptors (Lipinski definition) is 14. The number of primary amides is 1. The van der Waals surface area contributed by atoms with Crippen LogP contribution in [0.2, 0.25) is 0 Å². The molecule has 0 bridgehead atoms. The Hall–Kier alpha value is -2.03. The minimum Gasteiger partial charge on any atom is -0.481 e. The SMILES string of the molecule is CC.CC.CC(C)(C)OCCOCCOCCOCCN(CCOCCOCCOCCC(=O)O)CCOCCOCCOCCC(=O)O.CCC.CCCC.NC=O. The van der Waals surface area contributed by atoms with Crippen LogP contribution in [0.1, 0.15) is 108 Å². The van der Waals surface area contributed by atoms with Crippen LogP contribution in [0.4, 0.5) is 0 Å². The van der Waals surface area contributed by atoms with E-state index in [1.807, 2.05) is 48.5 Å². The van der Waals surface area contributed by atoms with Gasteiger partial charge in [0.2, 0.25) is 6.41 Å². The Balaban J connectivity index is -0.000000438. The third-order valence-corrected chi connectivity index (χ3v) is 6.07. The molecule has 0 aliphatic carbocycles. The number of unbranched alkanes of at least 4 members (excludes halogenated alkanes) is 1. The number of carboxylic acid groups (broad SMARTS) is 2. The Morgan fingerprint density at radius 3 is 0.881 bits per heavy atom. The zero-order chi connectivity index (χ0) is 46.1. The topological polar surface area (TPSA) is 213 Å². The molecular formula is C42H92N2O15. The lowest BCUT2D eigenvalue weighted by atomic mass is 10.2. The van der Waals surface area contributed by atoms with Crippen LogP contribution in [-0.2, 0) is 61.8 Å². The summed E-state index contributed by atoms with van der Waals surface area (Å²) in [6.07, 6.45) is 4.10. The van der Waals surface area contributed by atoms with Gasteiger partial charge in [-0.1, -0.05) is 74.7 Å². The van der Waals surface area contributed by atoms with Crippen LogP contribution in [0.25, 0.3) is 0 Å². The Bertz CT molecular complexity index is 726. The first-order valence-electron chi connectivity index (χ1n) is 21.6. The molecule has 0 aromatic heterocycles. The second-order valence-electron chi connectivity index (χ2n) is 12.4. The van der Waals surface area contributed by atoms with Crippen LogP contribution >= 0.6 is 0 Å². The second-order valence-corrected chi connectivity index (χ2v) is 12.4. The molecule has 0 saturated heterocycles. The number of ether oxygens (including phenoxy) is 10. The van der Waals surface area contributed by atoms with Gasteiger partial charge >= 0.3 is 11.9 Å². The van der Waals surface area contributed by atoms with Crippen molar-refractivity contribution in [3.63, 3.8) is 0 Å². The molecule has 0 unspecified atom stereocenters. The molecule has 0 radical (unpaired) electrons. The van der Waals surface area contributed by atoms with E-state index in [9.17, 15) is 9.59 Å². The van der Waals surface area contributed by atoms with Crippen molar-refractivity contribution in [1.29, 1.82) is 0 Å². The molecule has 0 saturated carbocycles. The molecule has 360 valence electrons. The molecule has 17 nitrogen and oxygen atoms in total. The summed E-state index contributed by atoms with van der Waals surface area (Å²) in [5.41, 5.74) is 4.00. The highest BCUT2D eigenvalue weighted by atomic mass is 16.6. The summed E-state index contributed by atoms with van der Waals surface area (Å²) >= 11 is 0. The van der Waals surface area contributed by atoms with Crippen LogP contribution in [0.5, 0.6) is 0 Å². The number of aliphatic carboxylic acids is 2. The quantitative estimate of drug-likeness (QED) is 0.0514. The summed E-state index contributed by atoms with van der Waals surface area (Å²) in [7, 11) is 0. The molecule has 59 heavy (non-hydrogen) atoms. The standard InChI is InChI=1S/C30H59NO14.C4H10.C3H8.2C2H6.CH3NO/c1-30(2,3)45-27-26-44-25-24-43-23-18-40-13-8-31(6-11-38-16-21-41-19-14-36-9-4-28(32)33)7-12-39-17-22-42-20-15-37-10-5-29(34)35;1-3-4-2;1-3-2;2*1-2;2-1-3/h4-27H2,1-3H3,(H,32,33)(H,34,35);3-4H2,1-2H3;3H2,1-2H3;2*1-2H3;1H,(H2,2,3). The fourth-order valence-corrected chi connectivity index (χ4v) is 3.27. The number of carbonyl (C=O) groups excluding carboxylic acids is 1. The zero-order valence-corrected chi connectivity index (χ0v) is 39.4. The molecule has 0 aliphatic rings. The smallest absolute Gasteiger partial charge is 0.305 e. The molecule has 0 atom stereocenters. The highest BCUT2D eigenvalue weighted by Gasteiger charge is 2.09. The third-order valence-electron chi connectivity index (χ3n) is 6.07. The first-order valence-corrected chi connectivity index (χ1v) is 21.6. The Kier molecular flexibility index (Phi) is 75.8. The minimum atomic E-state index is -0.886. The van der Waals surface area contributed by atoms with Crippen LogP contribution in [-0.4, -0.2) is 184 Å². The van der Waals surface area contributed by atoms with E-state index in [-0.39, 0.29) is 38.1 Å². The van der Waals surface area contributed by atoms with Crippen molar-refractivity contribution in [2.75, 3.05) is 145 Å². The number of nitrogens with zero attached hydrogens (tertiary/aromatic N) is 1. The maximum Gasteiger partial charge on any atom is 0.305 e. The summed E-state index contributed by atoms with van der Waals surface area (Å²) in [4.78, 5) is 31.7.